The lowest BCUT2D eigenvalue weighted by atomic mass is 10.2. The van der Waals surface area contributed by atoms with Crippen LogP contribution in [0.4, 0.5) is 22.0 Å². The van der Waals surface area contributed by atoms with Gasteiger partial charge in [-0.1, -0.05) is 17.7 Å². The van der Waals surface area contributed by atoms with Gasteiger partial charge in [0.15, 0.2) is 0 Å². The molecule has 2 aromatic carbocycles. The van der Waals surface area contributed by atoms with Crippen molar-refractivity contribution in [1.82, 2.24) is 9.55 Å². The molecule has 4 N–H and O–H groups in total. The zero-order chi connectivity index (χ0) is 25.4. The largest absolute Gasteiger partial charge is 0.495 e. The molecule has 8 heteroatoms. The summed E-state index contributed by atoms with van der Waals surface area (Å²) in [5.74, 6) is 0.128. The van der Waals surface area contributed by atoms with E-state index < -0.39 is 19.6 Å². The molecule has 0 radical (unpaired) electrons. The number of halogens is 1. The number of urea groups is 1. The van der Waals surface area contributed by atoms with Gasteiger partial charge in [-0.25, -0.2) is 9.78 Å². The zero-order valence-electron chi connectivity index (χ0n) is 20.5. The third kappa shape index (κ3) is 4.16. The van der Waals surface area contributed by atoms with Crippen molar-refractivity contribution in [2.45, 2.75) is 6.50 Å². The molecule has 7 nitrogen and oxygen atoms in total. The van der Waals surface area contributed by atoms with E-state index in [1.165, 1.54) is 35.0 Å². The molecule has 30 heavy (non-hydrogen) atoms. The second-order valence-corrected chi connectivity index (χ2v) is 6.76. The van der Waals surface area contributed by atoms with Crippen molar-refractivity contribution < 1.29 is 16.4 Å². The summed E-state index contributed by atoms with van der Waals surface area (Å²) in [6.07, 6.45) is 3.01. The van der Waals surface area contributed by atoms with E-state index in [9.17, 15) is 4.79 Å². The average Bonchev–Trinajstić information content (AvgIpc) is 3.21. The molecule has 0 unspecified atom stereocenters. The predicted octanol–water partition coefficient (Wildman–Crippen LogP) is 4.97. The lowest BCUT2D eigenvalue weighted by molar-refractivity contribution is 0.262. The Balaban J connectivity index is 1.62. The molecule has 0 atom stereocenters. The number of aromatic nitrogens is 2. The van der Waals surface area contributed by atoms with Gasteiger partial charge in [-0.05, 0) is 54.1 Å². The average molecular weight is 427 g/mol. The highest BCUT2D eigenvalue weighted by molar-refractivity contribution is 6.31. The standard InChI is InChI=1S/C22H20ClN5O2/c1-30-20-6-5-15(23)12-18(20)27-22(29)26-17-3-2-4-19-16(17)8-10-28(19)13-14-7-9-25-21(24)11-14/h2-12H,13H2,1H3,(H2,24,25)(H2,26,27,29)/i1D3,13D2. The number of pyridine rings is 1. The molecule has 0 saturated heterocycles. The fourth-order valence-corrected chi connectivity index (χ4v) is 3.17. The van der Waals surface area contributed by atoms with E-state index in [1.54, 1.807) is 36.5 Å². The number of nitrogen functional groups attached to an aromatic ring is 1. The maximum absolute atomic E-state index is 12.8. The van der Waals surface area contributed by atoms with Crippen LogP contribution < -0.4 is 21.1 Å². The van der Waals surface area contributed by atoms with Crippen LogP contribution in [0, 0.1) is 0 Å². The summed E-state index contributed by atoms with van der Waals surface area (Å²) in [4.78, 5) is 16.7. The third-order valence-electron chi connectivity index (χ3n) is 4.31. The molecular formula is C22H20ClN5O2. The van der Waals surface area contributed by atoms with Gasteiger partial charge in [-0.2, -0.15) is 0 Å². The van der Waals surface area contributed by atoms with E-state index in [1.807, 2.05) is 0 Å². The Morgan fingerprint density at radius 2 is 2.10 bits per heavy atom. The first-order chi connectivity index (χ1) is 16.4. The first-order valence-electron chi connectivity index (χ1n) is 11.3. The van der Waals surface area contributed by atoms with E-state index >= 15 is 0 Å². The van der Waals surface area contributed by atoms with Crippen molar-refractivity contribution in [3.63, 3.8) is 0 Å². The number of fused-ring (bicyclic) bond motifs is 1. The Labute approximate surface area is 185 Å². The Kier molecular flexibility index (Phi) is 3.98. The fourth-order valence-electron chi connectivity index (χ4n) is 3.00. The van der Waals surface area contributed by atoms with Gasteiger partial charge in [0.25, 0.3) is 0 Å². The highest BCUT2D eigenvalue weighted by Crippen LogP contribution is 2.29. The molecule has 0 aliphatic carbocycles. The lowest BCUT2D eigenvalue weighted by Crippen LogP contribution is -2.20. The maximum atomic E-state index is 12.8. The van der Waals surface area contributed by atoms with Crippen LogP contribution in [0.3, 0.4) is 0 Å². The van der Waals surface area contributed by atoms with E-state index in [-0.39, 0.29) is 22.3 Å². The summed E-state index contributed by atoms with van der Waals surface area (Å²) >= 11 is 6.00. The number of rotatable bonds is 5. The molecule has 0 saturated carbocycles. The van der Waals surface area contributed by atoms with E-state index in [2.05, 4.69) is 15.6 Å². The number of amides is 2. The van der Waals surface area contributed by atoms with E-state index in [4.69, 9.17) is 28.9 Å². The number of methoxy groups -OCH3 is 1. The minimum atomic E-state index is -2.71. The Morgan fingerprint density at radius 3 is 2.93 bits per heavy atom. The molecule has 0 spiro atoms. The smallest absolute Gasteiger partial charge is 0.323 e. The summed E-state index contributed by atoms with van der Waals surface area (Å²) in [6.45, 7) is -1.94. The monoisotopic (exact) mass is 426 g/mol. The zero-order valence-corrected chi connectivity index (χ0v) is 16.3. The van der Waals surface area contributed by atoms with Gasteiger partial charge in [0.05, 0.1) is 30.8 Å². The lowest BCUT2D eigenvalue weighted by Gasteiger charge is -2.12. The number of nitrogens with one attached hydrogen (secondary N) is 2. The van der Waals surface area contributed by atoms with Gasteiger partial charge in [-0.15, -0.1) is 0 Å². The van der Waals surface area contributed by atoms with Gasteiger partial charge < -0.3 is 25.7 Å². The molecule has 2 heterocycles. The minimum absolute atomic E-state index is 0.0706. The molecule has 0 aliphatic heterocycles. The minimum Gasteiger partial charge on any atom is -0.495 e. The molecule has 4 aromatic rings. The van der Waals surface area contributed by atoms with Crippen molar-refractivity contribution in [3.05, 3.63) is 77.6 Å². The number of hydrogen-bond donors (Lipinski definition) is 3. The second kappa shape index (κ2) is 8.34. The predicted molar refractivity (Wildman–Crippen MR) is 120 cm³/mol. The Hall–Kier alpha value is -3.71. The molecule has 2 aromatic heterocycles. The highest BCUT2D eigenvalue weighted by atomic mass is 35.5. The normalized spacial score (nSPS) is 14.1. The Morgan fingerprint density at radius 1 is 1.23 bits per heavy atom. The number of carbonyl (C=O) groups is 1. The quantitative estimate of drug-likeness (QED) is 0.419. The summed E-state index contributed by atoms with van der Waals surface area (Å²) in [5, 5.41) is 6.10. The number of nitrogens with two attached hydrogens (primary N) is 1. The second-order valence-electron chi connectivity index (χ2n) is 6.33. The van der Waals surface area contributed by atoms with Crippen molar-refractivity contribution in [1.29, 1.82) is 0 Å². The number of benzene rings is 2. The van der Waals surface area contributed by atoms with Crippen LogP contribution in [-0.4, -0.2) is 22.6 Å². The van der Waals surface area contributed by atoms with Crippen LogP contribution >= 0.6 is 11.6 Å². The van der Waals surface area contributed by atoms with Crippen LogP contribution in [0.5, 0.6) is 5.75 Å². The number of hydrogen-bond acceptors (Lipinski definition) is 4. The molecule has 4 rings (SSSR count). The molecule has 2 amide bonds. The van der Waals surface area contributed by atoms with Gasteiger partial charge in [0, 0.05) is 29.3 Å². The fraction of sp³-hybridized carbons (Fsp3) is 0.0909. The highest BCUT2D eigenvalue weighted by Gasteiger charge is 2.12. The van der Waals surface area contributed by atoms with Crippen LogP contribution in [0.25, 0.3) is 10.9 Å². The van der Waals surface area contributed by atoms with Gasteiger partial charge >= 0.3 is 6.03 Å². The summed E-state index contributed by atoms with van der Waals surface area (Å²) in [7, 11) is -2.71. The Bertz CT molecular complexity index is 1410. The van der Waals surface area contributed by atoms with Crippen LogP contribution in [0.15, 0.2) is 67.0 Å². The molecule has 152 valence electrons. The third-order valence-corrected chi connectivity index (χ3v) is 4.55. The summed E-state index contributed by atoms with van der Waals surface area (Å²) < 4.78 is 45.6. The number of nitrogens with zero attached hydrogens (tertiary/aromatic N) is 2. The molecule has 0 aliphatic rings. The van der Waals surface area contributed by atoms with Crippen LogP contribution in [0.2, 0.25) is 5.02 Å². The number of ether oxygens (including phenoxy) is 1. The first-order valence-corrected chi connectivity index (χ1v) is 9.21. The SMILES string of the molecule is [2H]C([2H])([2H])Oc1ccc(Cl)cc1NC(=O)Nc1cccc2c1ccn2C([2H])([2H])c1ccnc(N)c1. The van der Waals surface area contributed by atoms with Crippen LogP contribution in [0.1, 0.15) is 12.4 Å². The van der Waals surface area contributed by atoms with Crippen molar-refractivity contribution in [2.24, 2.45) is 0 Å². The van der Waals surface area contributed by atoms with Gasteiger partial charge in [0.2, 0.25) is 0 Å². The van der Waals surface area contributed by atoms with Crippen LogP contribution in [-0.2, 0) is 6.50 Å². The van der Waals surface area contributed by atoms with E-state index in [0.717, 1.165) is 0 Å². The molecular weight excluding hydrogens is 402 g/mol. The van der Waals surface area contributed by atoms with Gasteiger partial charge in [0.1, 0.15) is 11.6 Å². The number of carbonyl (C=O) groups excluding carboxylic acids is 1. The first kappa shape index (κ1) is 14.3. The molecule has 0 fully saturated rings. The maximum Gasteiger partial charge on any atom is 0.323 e. The topological polar surface area (TPSA) is 94.2 Å². The van der Waals surface area contributed by atoms with Crippen molar-refractivity contribution in [3.8, 4) is 5.75 Å². The molecule has 0 bridgehead atoms. The van der Waals surface area contributed by atoms with Crippen molar-refractivity contribution in [2.75, 3.05) is 23.4 Å². The summed E-state index contributed by atoms with van der Waals surface area (Å²) in [5.41, 5.74) is 7.05. The summed E-state index contributed by atoms with van der Waals surface area (Å²) in [6, 6.07) is 13.2. The van der Waals surface area contributed by atoms with Gasteiger partial charge in [-0.3, -0.25) is 0 Å². The number of anilines is 3. The van der Waals surface area contributed by atoms with E-state index in [0.29, 0.717) is 22.2 Å². The van der Waals surface area contributed by atoms with Crippen molar-refractivity contribution >= 4 is 45.7 Å².